The highest BCUT2D eigenvalue weighted by molar-refractivity contribution is 9.08. The van der Waals surface area contributed by atoms with Crippen molar-refractivity contribution in [3.8, 4) is 11.5 Å². The van der Waals surface area contributed by atoms with Crippen molar-refractivity contribution in [2.45, 2.75) is 12.3 Å². The van der Waals surface area contributed by atoms with E-state index in [1.54, 1.807) is 6.26 Å². The van der Waals surface area contributed by atoms with Crippen molar-refractivity contribution in [2.24, 2.45) is 0 Å². The maximum absolute atomic E-state index is 5.30. The minimum absolute atomic E-state index is 0.666. The first-order valence-corrected chi connectivity index (χ1v) is 4.98. The van der Waals surface area contributed by atoms with E-state index in [2.05, 4.69) is 20.9 Å². The second-order valence-corrected chi connectivity index (χ2v) is 3.26. The molecule has 0 spiro atoms. The van der Waals surface area contributed by atoms with Gasteiger partial charge in [0.25, 0.3) is 0 Å². The Morgan fingerprint density at radius 2 is 2.23 bits per heavy atom. The zero-order chi connectivity index (χ0) is 9.26. The summed E-state index contributed by atoms with van der Waals surface area (Å²) < 4.78 is 10.5. The van der Waals surface area contributed by atoms with E-state index in [9.17, 15) is 0 Å². The van der Waals surface area contributed by atoms with Crippen LogP contribution in [0.25, 0.3) is 11.5 Å². The number of furan rings is 1. The van der Waals surface area contributed by atoms with Crippen LogP contribution < -0.4 is 0 Å². The van der Waals surface area contributed by atoms with Crippen LogP contribution in [-0.2, 0) is 5.33 Å². The molecule has 0 radical (unpaired) electrons. The molecule has 0 atom stereocenters. The standard InChI is InChI=1S/C9H8BrNO2/c1-6-2-3-12-8(6)9-7(4-10)11-5-13-9/h2-3,5H,4H2,1H3. The molecule has 0 aromatic carbocycles. The zero-order valence-corrected chi connectivity index (χ0v) is 8.67. The average Bonchev–Trinajstić information content (AvgIpc) is 2.71. The van der Waals surface area contributed by atoms with E-state index >= 15 is 0 Å². The van der Waals surface area contributed by atoms with Gasteiger partial charge in [0.15, 0.2) is 17.9 Å². The molecule has 0 aliphatic carbocycles. The minimum Gasteiger partial charge on any atom is -0.461 e. The summed E-state index contributed by atoms with van der Waals surface area (Å²) in [6, 6.07) is 1.90. The van der Waals surface area contributed by atoms with E-state index in [1.165, 1.54) is 6.39 Å². The van der Waals surface area contributed by atoms with Gasteiger partial charge in [0.05, 0.1) is 6.26 Å². The van der Waals surface area contributed by atoms with Crippen LogP contribution in [-0.4, -0.2) is 4.98 Å². The van der Waals surface area contributed by atoms with Crippen molar-refractivity contribution in [3.63, 3.8) is 0 Å². The van der Waals surface area contributed by atoms with Gasteiger partial charge in [-0.1, -0.05) is 15.9 Å². The van der Waals surface area contributed by atoms with Crippen LogP contribution in [0, 0.1) is 6.92 Å². The van der Waals surface area contributed by atoms with Gasteiger partial charge in [-0.05, 0) is 18.6 Å². The van der Waals surface area contributed by atoms with Crippen LogP contribution in [0.4, 0.5) is 0 Å². The normalized spacial score (nSPS) is 10.6. The molecular formula is C9H8BrNO2. The molecule has 0 amide bonds. The number of rotatable bonds is 2. The topological polar surface area (TPSA) is 39.2 Å². The molecule has 0 fully saturated rings. The second-order valence-electron chi connectivity index (χ2n) is 2.69. The summed E-state index contributed by atoms with van der Waals surface area (Å²) in [5, 5.41) is 0.666. The first-order valence-electron chi connectivity index (χ1n) is 3.85. The Labute approximate surface area is 83.9 Å². The van der Waals surface area contributed by atoms with Crippen LogP contribution in [0.3, 0.4) is 0 Å². The van der Waals surface area contributed by atoms with Crippen LogP contribution in [0.15, 0.2) is 27.6 Å². The lowest BCUT2D eigenvalue weighted by atomic mass is 10.2. The van der Waals surface area contributed by atoms with Crippen molar-refractivity contribution in [1.82, 2.24) is 4.98 Å². The predicted molar refractivity (Wildman–Crippen MR) is 51.6 cm³/mol. The highest BCUT2D eigenvalue weighted by Crippen LogP contribution is 2.28. The number of alkyl halides is 1. The van der Waals surface area contributed by atoms with E-state index in [-0.39, 0.29) is 0 Å². The lowest BCUT2D eigenvalue weighted by molar-refractivity contribution is 0.518. The Hall–Kier alpha value is -1.03. The number of nitrogens with zero attached hydrogens (tertiary/aromatic N) is 1. The monoisotopic (exact) mass is 241 g/mol. The van der Waals surface area contributed by atoms with Crippen molar-refractivity contribution in [2.75, 3.05) is 0 Å². The summed E-state index contributed by atoms with van der Waals surface area (Å²) in [4.78, 5) is 4.06. The van der Waals surface area contributed by atoms with Gasteiger partial charge in [-0.2, -0.15) is 0 Å². The molecule has 0 aliphatic heterocycles. The number of aryl methyl sites for hydroxylation is 1. The number of aromatic nitrogens is 1. The fraction of sp³-hybridized carbons (Fsp3) is 0.222. The Kier molecular flexibility index (Phi) is 2.22. The van der Waals surface area contributed by atoms with Crippen molar-refractivity contribution < 1.29 is 8.83 Å². The van der Waals surface area contributed by atoms with Gasteiger partial charge in [0.2, 0.25) is 0 Å². The first-order chi connectivity index (χ1) is 6.33. The molecule has 2 aromatic heterocycles. The summed E-state index contributed by atoms with van der Waals surface area (Å²) in [5.74, 6) is 1.46. The third-order valence-electron chi connectivity index (χ3n) is 1.84. The third kappa shape index (κ3) is 1.42. The number of oxazole rings is 1. The van der Waals surface area contributed by atoms with E-state index in [4.69, 9.17) is 8.83 Å². The van der Waals surface area contributed by atoms with E-state index in [0.717, 1.165) is 17.0 Å². The fourth-order valence-electron chi connectivity index (χ4n) is 1.15. The second kappa shape index (κ2) is 3.38. The Morgan fingerprint density at radius 1 is 1.38 bits per heavy atom. The number of halogens is 1. The predicted octanol–water partition coefficient (Wildman–Crippen LogP) is 3.14. The van der Waals surface area contributed by atoms with Crippen molar-refractivity contribution in [1.29, 1.82) is 0 Å². The maximum Gasteiger partial charge on any atom is 0.193 e. The highest BCUT2D eigenvalue weighted by Gasteiger charge is 2.14. The Morgan fingerprint density at radius 3 is 2.85 bits per heavy atom. The molecule has 0 unspecified atom stereocenters. The highest BCUT2D eigenvalue weighted by atomic mass is 79.9. The quantitative estimate of drug-likeness (QED) is 0.759. The van der Waals surface area contributed by atoms with Gasteiger partial charge in [0, 0.05) is 5.33 Å². The van der Waals surface area contributed by atoms with Gasteiger partial charge in [-0.3, -0.25) is 0 Å². The molecule has 2 rings (SSSR count). The summed E-state index contributed by atoms with van der Waals surface area (Å²) in [7, 11) is 0. The summed E-state index contributed by atoms with van der Waals surface area (Å²) in [5.41, 5.74) is 1.91. The maximum atomic E-state index is 5.30. The first kappa shape index (κ1) is 8.56. The van der Waals surface area contributed by atoms with Gasteiger partial charge >= 0.3 is 0 Å². The van der Waals surface area contributed by atoms with Gasteiger partial charge in [-0.25, -0.2) is 4.98 Å². The molecule has 0 saturated carbocycles. The van der Waals surface area contributed by atoms with Gasteiger partial charge in [-0.15, -0.1) is 0 Å². The summed E-state index contributed by atoms with van der Waals surface area (Å²) in [6.45, 7) is 1.97. The van der Waals surface area contributed by atoms with Crippen LogP contribution in [0.1, 0.15) is 11.3 Å². The van der Waals surface area contributed by atoms with Crippen LogP contribution >= 0.6 is 15.9 Å². The summed E-state index contributed by atoms with van der Waals surface area (Å²) in [6.07, 6.45) is 3.07. The van der Waals surface area contributed by atoms with Gasteiger partial charge in [0.1, 0.15) is 5.69 Å². The lowest BCUT2D eigenvalue weighted by Crippen LogP contribution is -1.82. The molecule has 2 aromatic rings. The molecule has 68 valence electrons. The Balaban J connectivity index is 2.52. The minimum atomic E-state index is 0.666. The summed E-state index contributed by atoms with van der Waals surface area (Å²) >= 11 is 3.33. The third-order valence-corrected chi connectivity index (χ3v) is 2.37. The molecule has 0 aliphatic rings. The molecule has 3 nitrogen and oxygen atoms in total. The molecular weight excluding hydrogens is 234 g/mol. The molecule has 0 bridgehead atoms. The molecule has 0 N–H and O–H groups in total. The van der Waals surface area contributed by atoms with Crippen molar-refractivity contribution in [3.05, 3.63) is 30.0 Å². The van der Waals surface area contributed by atoms with Gasteiger partial charge < -0.3 is 8.83 Å². The van der Waals surface area contributed by atoms with E-state index in [1.807, 2.05) is 13.0 Å². The van der Waals surface area contributed by atoms with E-state index < -0.39 is 0 Å². The molecule has 2 heterocycles. The largest absolute Gasteiger partial charge is 0.461 e. The SMILES string of the molecule is Cc1ccoc1-c1ocnc1CBr. The molecule has 4 heteroatoms. The van der Waals surface area contributed by atoms with Crippen LogP contribution in [0.2, 0.25) is 0 Å². The lowest BCUT2D eigenvalue weighted by Gasteiger charge is -1.94. The number of hydrogen-bond donors (Lipinski definition) is 0. The van der Waals surface area contributed by atoms with Crippen LogP contribution in [0.5, 0.6) is 0 Å². The fourth-order valence-corrected chi connectivity index (χ4v) is 1.55. The molecule has 13 heavy (non-hydrogen) atoms. The number of hydrogen-bond acceptors (Lipinski definition) is 3. The smallest absolute Gasteiger partial charge is 0.193 e. The van der Waals surface area contributed by atoms with Crippen molar-refractivity contribution >= 4 is 15.9 Å². The zero-order valence-electron chi connectivity index (χ0n) is 7.08. The molecule has 0 saturated heterocycles. The Bertz CT molecular complexity index is 405. The van der Waals surface area contributed by atoms with E-state index in [0.29, 0.717) is 11.1 Å². The average molecular weight is 242 g/mol.